The average molecular weight is 525 g/mol. The highest BCUT2D eigenvalue weighted by molar-refractivity contribution is 6.65. The molecule has 0 aliphatic carbocycles. The average Bonchev–Trinajstić information content (AvgIpc) is 3.34. The molecule has 2 fully saturated rings. The number of esters is 1. The van der Waals surface area contributed by atoms with E-state index >= 15 is 0 Å². The third-order valence-corrected chi connectivity index (χ3v) is 7.04. The highest BCUT2D eigenvalue weighted by atomic mass is 16.7. The van der Waals surface area contributed by atoms with Crippen molar-refractivity contribution in [3.8, 4) is 0 Å². The Hall–Kier alpha value is -3.84. The fourth-order valence-corrected chi connectivity index (χ4v) is 5.22. The number of ether oxygens (including phenoxy) is 1. The molecule has 6 atom stereocenters. The van der Waals surface area contributed by atoms with E-state index < -0.39 is 54.6 Å². The lowest BCUT2D eigenvalue weighted by atomic mass is 9.59. The fourth-order valence-electron chi connectivity index (χ4n) is 5.22. The van der Waals surface area contributed by atoms with Gasteiger partial charge < -0.3 is 29.5 Å². The van der Waals surface area contributed by atoms with E-state index in [1.54, 1.807) is 7.05 Å². The van der Waals surface area contributed by atoms with E-state index in [1.165, 1.54) is 25.7 Å². The first-order valence-corrected chi connectivity index (χ1v) is 12.5. The van der Waals surface area contributed by atoms with Gasteiger partial charge in [-0.25, -0.2) is 14.6 Å². The van der Waals surface area contributed by atoms with Gasteiger partial charge in [-0.05, 0) is 11.5 Å². The van der Waals surface area contributed by atoms with Crippen LogP contribution in [0.2, 0.25) is 0 Å². The van der Waals surface area contributed by atoms with Gasteiger partial charge in [-0.2, -0.15) is 0 Å². The van der Waals surface area contributed by atoms with Gasteiger partial charge in [0.2, 0.25) is 5.91 Å². The van der Waals surface area contributed by atoms with Crippen molar-refractivity contribution in [1.29, 1.82) is 0 Å². The summed E-state index contributed by atoms with van der Waals surface area (Å²) in [5, 5.41) is 5.73. The molecule has 4 rings (SSSR count). The molecule has 38 heavy (non-hydrogen) atoms. The standard InChI is InChI=1S/C25H32BN5O7/c1-15(2)12-19(26-31(3)20(24(34)38-26)21(37-26)25(35)36-4)30-22(32)17(13-16-8-6-5-7-9-16)29-23(33)18-14-27-10-11-28-18/h5-11,14-15,17,19-21,31H,12-13H2,1-4H3,(H,29,33)(H,30,32)/t17-,19-,20-,21+,26?/m0/s1. The Kier molecular flexibility index (Phi) is 8.07. The first-order valence-electron chi connectivity index (χ1n) is 12.5. The molecule has 2 aliphatic heterocycles. The van der Waals surface area contributed by atoms with Gasteiger partial charge in [0.1, 0.15) is 11.7 Å². The maximum atomic E-state index is 13.7. The summed E-state index contributed by atoms with van der Waals surface area (Å²) in [5.41, 5.74) is 0.894. The van der Waals surface area contributed by atoms with E-state index in [1.807, 2.05) is 44.2 Å². The van der Waals surface area contributed by atoms with Crippen molar-refractivity contribution in [2.24, 2.45) is 5.92 Å². The van der Waals surface area contributed by atoms with Crippen LogP contribution in [0.25, 0.3) is 0 Å². The summed E-state index contributed by atoms with van der Waals surface area (Å²) < 4.78 is 16.7. The number of hydrogen-bond acceptors (Lipinski definition) is 9. The quantitative estimate of drug-likeness (QED) is 0.258. The summed E-state index contributed by atoms with van der Waals surface area (Å²) >= 11 is 0. The molecule has 2 amide bonds. The third kappa shape index (κ3) is 5.39. The molecule has 202 valence electrons. The number of hydrogen-bond donors (Lipinski definition) is 3. The van der Waals surface area contributed by atoms with Gasteiger partial charge in [0.25, 0.3) is 5.91 Å². The van der Waals surface area contributed by atoms with Crippen LogP contribution in [0.5, 0.6) is 0 Å². The number of aromatic nitrogens is 2. The maximum Gasteiger partial charge on any atom is 0.548 e. The van der Waals surface area contributed by atoms with E-state index in [-0.39, 0.29) is 18.0 Å². The molecule has 12 nitrogen and oxygen atoms in total. The highest BCUT2D eigenvalue weighted by Crippen LogP contribution is 2.29. The van der Waals surface area contributed by atoms with Gasteiger partial charge in [-0.3, -0.25) is 14.6 Å². The molecule has 13 heteroatoms. The van der Waals surface area contributed by atoms with Gasteiger partial charge in [-0.1, -0.05) is 50.6 Å². The Morgan fingerprint density at radius 3 is 2.53 bits per heavy atom. The summed E-state index contributed by atoms with van der Waals surface area (Å²) in [6, 6.07) is 7.36. The van der Waals surface area contributed by atoms with Gasteiger partial charge in [0.05, 0.1) is 13.3 Å². The second-order valence-corrected chi connectivity index (χ2v) is 10.1. The molecule has 3 N–H and O–H groups in total. The molecule has 1 aromatic heterocycles. The van der Waals surface area contributed by atoms with E-state index in [2.05, 4.69) is 20.6 Å². The number of carbonyl (C=O) groups excluding carboxylic acids is 4. The van der Waals surface area contributed by atoms with Gasteiger partial charge in [-0.15, -0.1) is 0 Å². The van der Waals surface area contributed by atoms with E-state index in [4.69, 9.17) is 14.0 Å². The molecule has 0 saturated carbocycles. The van der Waals surface area contributed by atoms with Crippen LogP contribution in [0, 0.1) is 5.92 Å². The van der Waals surface area contributed by atoms with Crippen LogP contribution >= 0.6 is 0 Å². The maximum absolute atomic E-state index is 13.7. The molecule has 2 saturated heterocycles. The summed E-state index contributed by atoms with van der Waals surface area (Å²) in [5.74, 6) is -3.00. The number of nitrogens with zero attached hydrogens (tertiary/aromatic N) is 2. The summed E-state index contributed by atoms with van der Waals surface area (Å²) in [7, 11) is 2.93. The number of fused-ring (bicyclic) bond motifs is 2. The van der Waals surface area contributed by atoms with Crippen LogP contribution < -0.4 is 15.4 Å². The Balaban J connectivity index is 1.61. The van der Waals surface area contributed by atoms with Crippen LogP contribution in [-0.2, 0) is 34.9 Å². The Bertz CT molecular complexity index is 1190. The van der Waals surface area contributed by atoms with Crippen LogP contribution in [0.1, 0.15) is 36.3 Å². The lowest BCUT2D eigenvalue weighted by Crippen LogP contribution is -3.21. The molecule has 2 unspecified atom stereocenters. The number of likely N-dealkylation sites (N-methyl/N-ethyl adjacent to an activating group) is 1. The summed E-state index contributed by atoms with van der Waals surface area (Å²) in [6.07, 6.45) is 3.61. The summed E-state index contributed by atoms with van der Waals surface area (Å²) in [6.45, 7) is 1.43. The fraction of sp³-hybridized carbons (Fsp3) is 0.440. The minimum atomic E-state index is -2.49. The van der Waals surface area contributed by atoms with Crippen molar-refractivity contribution < 1.29 is 38.0 Å². The predicted octanol–water partition coefficient (Wildman–Crippen LogP) is -1.16. The van der Waals surface area contributed by atoms with Crippen molar-refractivity contribution in [2.45, 2.75) is 50.8 Å². The molecule has 2 bridgehead atoms. The van der Waals surface area contributed by atoms with E-state index in [0.29, 0.717) is 11.2 Å². The number of nitrogens with one attached hydrogen (secondary N) is 3. The smallest absolute Gasteiger partial charge is 0.548 e. The Labute approximate surface area is 220 Å². The molecule has 3 heterocycles. The third-order valence-electron chi connectivity index (χ3n) is 7.04. The first kappa shape index (κ1) is 27.2. The minimum Gasteiger partial charge on any atom is -0.609 e. The minimum absolute atomic E-state index is 0.0664. The lowest BCUT2D eigenvalue weighted by Gasteiger charge is -2.40. The second kappa shape index (κ2) is 11.3. The number of amides is 2. The lowest BCUT2D eigenvalue weighted by molar-refractivity contribution is -0.785. The van der Waals surface area contributed by atoms with Crippen molar-refractivity contribution in [3.05, 3.63) is 60.2 Å². The number of carbonyl (C=O) groups is 4. The van der Waals surface area contributed by atoms with Gasteiger partial charge >= 0.3 is 18.6 Å². The summed E-state index contributed by atoms with van der Waals surface area (Å²) in [4.78, 5) is 60.2. The van der Waals surface area contributed by atoms with Gasteiger partial charge in [0.15, 0.2) is 12.1 Å². The number of benzene rings is 1. The Morgan fingerprint density at radius 1 is 1.16 bits per heavy atom. The van der Waals surface area contributed by atoms with Crippen LogP contribution in [0.3, 0.4) is 0 Å². The SMILES string of the molecule is COC(=O)[C@@H]1O[B-]2([C@H](CC(C)C)NC(=O)[C@H](Cc3ccccc3)NC(=O)c3cnccn3)OC(=O)[C@H]1[NH+]2C. The van der Waals surface area contributed by atoms with E-state index in [0.717, 1.165) is 5.56 Å². The predicted molar refractivity (Wildman–Crippen MR) is 134 cm³/mol. The molecule has 2 aliphatic rings. The van der Waals surface area contributed by atoms with Crippen LogP contribution in [-0.4, -0.2) is 78.7 Å². The number of rotatable bonds is 10. The molecular formula is C25H32BN5O7. The molecular weight excluding hydrogens is 493 g/mol. The van der Waals surface area contributed by atoms with Crippen molar-refractivity contribution >= 4 is 30.4 Å². The molecule has 1 aromatic carbocycles. The van der Waals surface area contributed by atoms with Crippen molar-refractivity contribution in [3.63, 3.8) is 0 Å². The zero-order chi connectivity index (χ0) is 27.4. The van der Waals surface area contributed by atoms with Crippen LogP contribution in [0.15, 0.2) is 48.9 Å². The second-order valence-electron chi connectivity index (χ2n) is 10.1. The first-order chi connectivity index (χ1) is 18.2. The van der Waals surface area contributed by atoms with Crippen molar-refractivity contribution in [2.75, 3.05) is 14.2 Å². The zero-order valence-electron chi connectivity index (χ0n) is 21.7. The van der Waals surface area contributed by atoms with Crippen molar-refractivity contribution in [1.82, 2.24) is 20.6 Å². The number of methoxy groups -OCH3 is 1. The Morgan fingerprint density at radius 2 is 1.89 bits per heavy atom. The topological polar surface area (TPSA) is 150 Å². The number of quaternary nitrogens is 1. The van der Waals surface area contributed by atoms with Crippen LogP contribution in [0.4, 0.5) is 0 Å². The van der Waals surface area contributed by atoms with Gasteiger partial charge in [0, 0.05) is 31.8 Å². The largest absolute Gasteiger partial charge is 0.609 e. The monoisotopic (exact) mass is 525 g/mol. The normalized spacial score (nSPS) is 25.4. The highest BCUT2D eigenvalue weighted by Gasteiger charge is 2.70. The van der Waals surface area contributed by atoms with E-state index in [9.17, 15) is 19.2 Å². The molecule has 0 radical (unpaired) electrons. The molecule has 2 aromatic rings. The zero-order valence-corrected chi connectivity index (χ0v) is 21.7. The molecule has 0 spiro atoms.